The van der Waals surface area contributed by atoms with Crippen molar-refractivity contribution in [3.05, 3.63) is 150 Å². The monoisotopic (exact) mass is 616 g/mol. The standard InChI is InChI=1S/C39H32N6S/c1-2-4-33-32(3-1)35-34(14-11-27-19-24-46-36(27)35)43(33)31-12-9-28(10-13-31)37-42-38(29-17-22-41-23-18-29)45-39(44(37)45)30-7-5-25(6-8-30)26-15-20-40-21-16-26/h1-18,20-22,37-39,41-42H,19,23-24H2. The number of nitrogens with zero attached hydrogens (tertiary/aromatic N) is 4. The summed E-state index contributed by atoms with van der Waals surface area (Å²) in [5.41, 5.74) is 11.5. The zero-order valence-electron chi connectivity index (χ0n) is 25.2. The summed E-state index contributed by atoms with van der Waals surface area (Å²) >= 11 is 2.01. The van der Waals surface area contributed by atoms with Crippen molar-refractivity contribution in [1.82, 2.24) is 30.2 Å². The van der Waals surface area contributed by atoms with Crippen LogP contribution in [0, 0.1) is 0 Å². The summed E-state index contributed by atoms with van der Waals surface area (Å²) in [7, 11) is 0. The molecule has 6 heterocycles. The molecule has 2 saturated heterocycles. The van der Waals surface area contributed by atoms with Crippen LogP contribution in [0.3, 0.4) is 0 Å². The van der Waals surface area contributed by atoms with Crippen molar-refractivity contribution in [1.29, 1.82) is 0 Å². The maximum Gasteiger partial charge on any atom is 0.119 e. The van der Waals surface area contributed by atoms with E-state index in [0.29, 0.717) is 0 Å². The van der Waals surface area contributed by atoms with Crippen LogP contribution in [0.5, 0.6) is 0 Å². The van der Waals surface area contributed by atoms with Gasteiger partial charge in [-0.05, 0) is 88.5 Å². The van der Waals surface area contributed by atoms with Crippen molar-refractivity contribution in [3.63, 3.8) is 0 Å². The smallest absolute Gasteiger partial charge is 0.119 e. The van der Waals surface area contributed by atoms with Crippen LogP contribution in [-0.2, 0) is 6.42 Å². The number of dihydropyridines is 1. The normalized spacial score (nSPS) is 24.5. The zero-order valence-corrected chi connectivity index (χ0v) is 26.0. The fourth-order valence-corrected chi connectivity index (χ4v) is 8.94. The molecule has 4 aliphatic rings. The number of rotatable bonds is 5. The molecule has 2 aromatic heterocycles. The van der Waals surface area contributed by atoms with Crippen molar-refractivity contribution >= 4 is 33.6 Å². The highest BCUT2D eigenvalue weighted by molar-refractivity contribution is 7.99. The fraction of sp³-hybridized carbons (Fsp3) is 0.154. The molecule has 224 valence electrons. The van der Waals surface area contributed by atoms with Crippen molar-refractivity contribution in [3.8, 4) is 16.8 Å². The Morgan fingerprint density at radius 2 is 1.52 bits per heavy atom. The number of pyridine rings is 1. The summed E-state index contributed by atoms with van der Waals surface area (Å²) in [5, 5.41) is 15.0. The van der Waals surface area contributed by atoms with E-state index in [1.165, 1.54) is 71.5 Å². The Kier molecular flexibility index (Phi) is 6.02. The van der Waals surface area contributed by atoms with Gasteiger partial charge in [-0.15, -0.1) is 11.8 Å². The summed E-state index contributed by atoms with van der Waals surface area (Å²) in [6.07, 6.45) is 11.8. The molecule has 4 aromatic carbocycles. The summed E-state index contributed by atoms with van der Waals surface area (Å²) in [5.74, 6) is 1.17. The van der Waals surface area contributed by atoms with Crippen LogP contribution in [0.4, 0.5) is 0 Å². The highest BCUT2D eigenvalue weighted by atomic mass is 32.2. The van der Waals surface area contributed by atoms with Gasteiger partial charge in [0.15, 0.2) is 0 Å². The molecule has 0 radical (unpaired) electrons. The van der Waals surface area contributed by atoms with Gasteiger partial charge in [0.25, 0.3) is 0 Å². The van der Waals surface area contributed by atoms with Gasteiger partial charge in [0.1, 0.15) is 18.5 Å². The van der Waals surface area contributed by atoms with Crippen molar-refractivity contribution in [2.45, 2.75) is 29.8 Å². The largest absolute Gasteiger partial charge is 0.387 e. The number of aromatic nitrogens is 2. The summed E-state index contributed by atoms with van der Waals surface area (Å²) in [4.78, 5) is 5.64. The first-order valence-electron chi connectivity index (χ1n) is 16.0. The molecule has 2 fully saturated rings. The average molecular weight is 617 g/mol. The van der Waals surface area contributed by atoms with Gasteiger partial charge in [-0.1, -0.05) is 66.7 Å². The predicted octanol–water partition coefficient (Wildman–Crippen LogP) is 7.70. The number of aryl methyl sites for hydroxylation is 1. The maximum atomic E-state index is 4.18. The topological polar surface area (TPSA) is 47.9 Å². The number of nitrogens with one attached hydrogen (secondary N) is 2. The van der Waals surface area contributed by atoms with E-state index >= 15 is 0 Å². The number of benzene rings is 4. The summed E-state index contributed by atoms with van der Waals surface area (Å²) in [6, 6.07) is 35.9. The molecule has 7 heteroatoms. The predicted molar refractivity (Wildman–Crippen MR) is 186 cm³/mol. The van der Waals surface area contributed by atoms with Gasteiger partial charge in [0.2, 0.25) is 0 Å². The van der Waals surface area contributed by atoms with Crippen LogP contribution in [0.2, 0.25) is 0 Å². The minimum atomic E-state index is 0.0749. The van der Waals surface area contributed by atoms with E-state index in [1.807, 2.05) is 24.2 Å². The number of hydrogen-bond acceptors (Lipinski definition) is 6. The maximum absolute atomic E-state index is 4.18. The molecule has 46 heavy (non-hydrogen) atoms. The third-order valence-electron chi connectivity index (χ3n) is 9.90. The second-order valence-corrected chi connectivity index (χ2v) is 13.5. The van der Waals surface area contributed by atoms with E-state index in [4.69, 9.17) is 0 Å². The number of fused-ring (bicyclic) bond motifs is 6. The van der Waals surface area contributed by atoms with Gasteiger partial charge >= 0.3 is 0 Å². The molecule has 6 aromatic rings. The van der Waals surface area contributed by atoms with Crippen LogP contribution >= 0.6 is 11.8 Å². The van der Waals surface area contributed by atoms with Gasteiger partial charge in [0.05, 0.1) is 11.0 Å². The van der Waals surface area contributed by atoms with Gasteiger partial charge in [0, 0.05) is 46.0 Å². The molecule has 6 nitrogen and oxygen atoms in total. The molecule has 5 atom stereocenters. The van der Waals surface area contributed by atoms with E-state index in [2.05, 4.69) is 146 Å². The molecule has 0 spiro atoms. The third kappa shape index (κ3) is 4.06. The Bertz CT molecular complexity index is 2180. The van der Waals surface area contributed by atoms with Gasteiger partial charge < -0.3 is 9.88 Å². The number of hydrazine groups is 1. The first-order valence-corrected chi connectivity index (χ1v) is 17.0. The zero-order chi connectivity index (χ0) is 30.2. The highest BCUT2D eigenvalue weighted by Gasteiger charge is 2.60. The van der Waals surface area contributed by atoms with E-state index in [0.717, 1.165) is 13.0 Å². The van der Waals surface area contributed by atoms with Crippen LogP contribution < -0.4 is 10.6 Å². The molecule has 4 aliphatic heterocycles. The average Bonchev–Trinajstić information content (AvgIpc) is 3.41. The lowest BCUT2D eigenvalue weighted by atomic mass is 10.0. The summed E-state index contributed by atoms with van der Waals surface area (Å²) < 4.78 is 2.44. The minimum absolute atomic E-state index is 0.0749. The van der Waals surface area contributed by atoms with Crippen molar-refractivity contribution in [2.75, 3.05) is 12.3 Å². The Balaban J connectivity index is 1.01. The van der Waals surface area contributed by atoms with Gasteiger partial charge in [-0.2, -0.15) is 10.0 Å². The Hall–Kier alpha value is -4.66. The Morgan fingerprint density at radius 3 is 2.35 bits per heavy atom. The van der Waals surface area contributed by atoms with Crippen molar-refractivity contribution < 1.29 is 0 Å². The van der Waals surface area contributed by atoms with E-state index in [1.54, 1.807) is 0 Å². The molecular formula is C39H32N6S. The molecule has 0 amide bonds. The molecule has 10 rings (SSSR count). The van der Waals surface area contributed by atoms with Crippen molar-refractivity contribution in [2.24, 2.45) is 0 Å². The number of hydrogen-bond donors (Lipinski definition) is 2. The number of thioether (sulfide) groups is 1. The third-order valence-corrected chi connectivity index (χ3v) is 11.1. The van der Waals surface area contributed by atoms with Gasteiger partial charge in [-0.3, -0.25) is 10.3 Å². The molecule has 0 aliphatic carbocycles. The van der Waals surface area contributed by atoms with E-state index in [-0.39, 0.29) is 18.5 Å². The lowest BCUT2D eigenvalue weighted by molar-refractivity contribution is 0.323. The fourth-order valence-electron chi connectivity index (χ4n) is 7.70. The van der Waals surface area contributed by atoms with Crippen LogP contribution in [0.25, 0.3) is 38.6 Å². The molecule has 0 bridgehead atoms. The first-order chi connectivity index (χ1) is 22.8. The van der Waals surface area contributed by atoms with E-state index in [9.17, 15) is 0 Å². The SMILES string of the molecule is C1=CC(C2NC(c3ccc(-n4c5ccccc5c5c6c(ccc54)CCS6)cc3)N3C(c4ccc(-c5ccncc5)cc4)N23)=CCN1. The molecule has 2 N–H and O–H groups in total. The molecular weight excluding hydrogens is 585 g/mol. The lowest BCUT2D eigenvalue weighted by Crippen LogP contribution is -2.36. The Morgan fingerprint density at radius 1 is 0.739 bits per heavy atom. The minimum Gasteiger partial charge on any atom is -0.387 e. The second kappa shape index (κ2) is 10.4. The van der Waals surface area contributed by atoms with E-state index < -0.39 is 0 Å². The lowest BCUT2D eigenvalue weighted by Gasteiger charge is -2.23. The van der Waals surface area contributed by atoms with Crippen LogP contribution in [0.1, 0.15) is 29.0 Å². The van der Waals surface area contributed by atoms with Gasteiger partial charge in [-0.25, -0.2) is 0 Å². The highest BCUT2D eigenvalue weighted by Crippen LogP contribution is 2.54. The molecule has 5 unspecified atom stereocenters. The molecule has 0 saturated carbocycles. The first kappa shape index (κ1) is 26.5. The quantitative estimate of drug-likeness (QED) is 0.194. The Labute approximate surface area is 272 Å². The number of para-hydroxylation sites is 1. The summed E-state index contributed by atoms with van der Waals surface area (Å²) in [6.45, 7) is 0.850. The second-order valence-electron chi connectivity index (χ2n) is 12.4. The van der Waals surface area contributed by atoms with Crippen LogP contribution in [0.15, 0.2) is 138 Å². The van der Waals surface area contributed by atoms with Crippen LogP contribution in [-0.4, -0.2) is 38.0 Å².